The summed E-state index contributed by atoms with van der Waals surface area (Å²) in [7, 11) is 1.65. The average Bonchev–Trinajstić information content (AvgIpc) is 2.09. The van der Waals surface area contributed by atoms with Crippen molar-refractivity contribution in [1.82, 2.24) is 0 Å². The zero-order valence-corrected chi connectivity index (χ0v) is 7.32. The summed E-state index contributed by atoms with van der Waals surface area (Å²) in [5.74, 6) is 0.856. The van der Waals surface area contributed by atoms with Gasteiger partial charge in [-0.05, 0) is 12.5 Å². The largest absolute Gasteiger partial charge is 0.494 e. The lowest BCUT2D eigenvalue weighted by atomic mass is 10.1. The molecule has 1 aliphatic carbocycles. The van der Waals surface area contributed by atoms with Crippen LogP contribution in [0.1, 0.15) is 6.42 Å². The zero-order chi connectivity index (χ0) is 8.81. The van der Waals surface area contributed by atoms with Gasteiger partial charge in [0.05, 0.1) is 12.6 Å². The molecule has 1 atom stereocenters. The summed E-state index contributed by atoms with van der Waals surface area (Å²) >= 11 is 0. The Morgan fingerprint density at radius 2 is 2.42 bits per heavy atom. The lowest BCUT2D eigenvalue weighted by molar-refractivity contribution is 0.103. The molecule has 0 heterocycles. The summed E-state index contributed by atoms with van der Waals surface area (Å²) in [5.41, 5.74) is 5.78. The molecule has 0 aliphatic heterocycles. The monoisotopic (exact) mass is 169 g/mol. The van der Waals surface area contributed by atoms with Gasteiger partial charge in [-0.15, -0.1) is 0 Å². The fourth-order valence-electron chi connectivity index (χ4n) is 1.03. The summed E-state index contributed by atoms with van der Waals surface area (Å²) in [4.78, 5) is 0. The summed E-state index contributed by atoms with van der Waals surface area (Å²) in [6.07, 6.45) is 6.77. The molecule has 3 heteroatoms. The molecule has 1 unspecified atom stereocenters. The normalized spacial score (nSPS) is 22.2. The van der Waals surface area contributed by atoms with E-state index in [0.29, 0.717) is 13.2 Å². The Bertz CT molecular complexity index is 187. The predicted octanol–water partition coefficient (Wildman–Crippen LogP) is 0.821. The molecule has 2 N–H and O–H groups in total. The molecule has 1 aliphatic rings. The molecule has 1 rings (SSSR count). The number of ether oxygens (including phenoxy) is 2. The fraction of sp³-hybridized carbons (Fsp3) is 0.556. The standard InChI is InChI=1S/C9H15NO2/c1-11-6-7-12-9-5-3-2-4-8(9)10/h2-3,5,8H,4,6-7,10H2,1H3. The Hall–Kier alpha value is -0.800. The SMILES string of the molecule is COCCOC1=CC=CCC1N. The van der Waals surface area contributed by atoms with Gasteiger partial charge < -0.3 is 15.2 Å². The van der Waals surface area contributed by atoms with Crippen molar-refractivity contribution in [2.75, 3.05) is 20.3 Å². The average molecular weight is 169 g/mol. The number of rotatable bonds is 4. The highest BCUT2D eigenvalue weighted by Gasteiger charge is 2.10. The maximum Gasteiger partial charge on any atom is 0.113 e. The summed E-state index contributed by atoms with van der Waals surface area (Å²) in [6.45, 7) is 1.18. The summed E-state index contributed by atoms with van der Waals surface area (Å²) < 4.78 is 10.3. The summed E-state index contributed by atoms with van der Waals surface area (Å²) in [5, 5.41) is 0. The minimum atomic E-state index is 0.0202. The van der Waals surface area contributed by atoms with E-state index < -0.39 is 0 Å². The molecule has 0 aromatic carbocycles. The first-order chi connectivity index (χ1) is 5.84. The van der Waals surface area contributed by atoms with E-state index in [1.165, 1.54) is 0 Å². The van der Waals surface area contributed by atoms with Gasteiger partial charge >= 0.3 is 0 Å². The minimum absolute atomic E-state index is 0.0202. The Morgan fingerprint density at radius 3 is 3.08 bits per heavy atom. The van der Waals surface area contributed by atoms with Crippen LogP contribution in [-0.2, 0) is 9.47 Å². The van der Waals surface area contributed by atoms with Gasteiger partial charge in [-0.1, -0.05) is 12.2 Å². The topological polar surface area (TPSA) is 44.5 Å². The Balaban J connectivity index is 2.29. The van der Waals surface area contributed by atoms with Gasteiger partial charge in [-0.3, -0.25) is 0 Å². The van der Waals surface area contributed by atoms with Crippen LogP contribution in [0.25, 0.3) is 0 Å². The van der Waals surface area contributed by atoms with Gasteiger partial charge in [0.25, 0.3) is 0 Å². The van der Waals surface area contributed by atoms with E-state index in [-0.39, 0.29) is 6.04 Å². The van der Waals surface area contributed by atoms with Crippen LogP contribution in [0.5, 0.6) is 0 Å². The van der Waals surface area contributed by atoms with Crippen molar-refractivity contribution in [3.8, 4) is 0 Å². The van der Waals surface area contributed by atoms with Crippen LogP contribution in [-0.4, -0.2) is 26.4 Å². The zero-order valence-electron chi connectivity index (χ0n) is 7.32. The third kappa shape index (κ3) is 2.68. The first-order valence-electron chi connectivity index (χ1n) is 4.08. The van der Waals surface area contributed by atoms with Crippen molar-refractivity contribution in [3.05, 3.63) is 24.0 Å². The van der Waals surface area contributed by atoms with Crippen molar-refractivity contribution in [2.24, 2.45) is 5.73 Å². The van der Waals surface area contributed by atoms with E-state index in [2.05, 4.69) is 0 Å². The van der Waals surface area contributed by atoms with Crippen molar-refractivity contribution in [2.45, 2.75) is 12.5 Å². The number of hydrogen-bond donors (Lipinski definition) is 1. The second-order valence-corrected chi connectivity index (χ2v) is 2.68. The molecule has 3 nitrogen and oxygen atoms in total. The molecule has 0 saturated carbocycles. The lowest BCUT2D eigenvalue weighted by Crippen LogP contribution is -2.25. The molecular formula is C9H15NO2. The maximum absolute atomic E-state index is 5.78. The summed E-state index contributed by atoms with van der Waals surface area (Å²) in [6, 6.07) is 0.0202. The predicted molar refractivity (Wildman–Crippen MR) is 47.6 cm³/mol. The highest BCUT2D eigenvalue weighted by molar-refractivity contribution is 5.18. The van der Waals surface area contributed by atoms with Crippen molar-refractivity contribution in [3.63, 3.8) is 0 Å². The van der Waals surface area contributed by atoms with E-state index in [1.54, 1.807) is 7.11 Å². The Morgan fingerprint density at radius 1 is 1.58 bits per heavy atom. The molecule has 0 fully saturated rings. The van der Waals surface area contributed by atoms with E-state index in [1.807, 2.05) is 18.2 Å². The number of hydrogen-bond acceptors (Lipinski definition) is 3. The molecule has 0 radical (unpaired) electrons. The van der Waals surface area contributed by atoms with Crippen LogP contribution in [0.15, 0.2) is 24.0 Å². The first kappa shape index (κ1) is 9.29. The molecular weight excluding hydrogens is 154 g/mol. The van der Waals surface area contributed by atoms with Crippen LogP contribution in [0.4, 0.5) is 0 Å². The third-order valence-electron chi connectivity index (χ3n) is 1.71. The van der Waals surface area contributed by atoms with Crippen LogP contribution < -0.4 is 5.73 Å². The maximum atomic E-state index is 5.78. The third-order valence-corrected chi connectivity index (χ3v) is 1.71. The van der Waals surface area contributed by atoms with Crippen LogP contribution in [0.3, 0.4) is 0 Å². The van der Waals surface area contributed by atoms with E-state index in [9.17, 15) is 0 Å². The van der Waals surface area contributed by atoms with E-state index in [0.717, 1.165) is 12.2 Å². The van der Waals surface area contributed by atoms with Gasteiger partial charge in [0.1, 0.15) is 12.4 Å². The molecule has 0 aromatic rings. The van der Waals surface area contributed by atoms with Crippen molar-refractivity contribution < 1.29 is 9.47 Å². The number of methoxy groups -OCH3 is 1. The second-order valence-electron chi connectivity index (χ2n) is 2.68. The van der Waals surface area contributed by atoms with Gasteiger partial charge in [0.15, 0.2) is 0 Å². The molecule has 12 heavy (non-hydrogen) atoms. The molecule has 0 spiro atoms. The van der Waals surface area contributed by atoms with E-state index in [4.69, 9.17) is 15.2 Å². The van der Waals surface area contributed by atoms with Crippen molar-refractivity contribution in [1.29, 1.82) is 0 Å². The van der Waals surface area contributed by atoms with Crippen molar-refractivity contribution >= 4 is 0 Å². The van der Waals surface area contributed by atoms with Gasteiger partial charge in [-0.2, -0.15) is 0 Å². The first-order valence-corrected chi connectivity index (χ1v) is 4.08. The van der Waals surface area contributed by atoms with Crippen LogP contribution in [0.2, 0.25) is 0 Å². The number of nitrogens with two attached hydrogens (primary N) is 1. The number of allylic oxidation sites excluding steroid dienone is 2. The van der Waals surface area contributed by atoms with Gasteiger partial charge in [0.2, 0.25) is 0 Å². The Labute approximate surface area is 72.8 Å². The molecule has 68 valence electrons. The second kappa shape index (κ2) is 4.95. The Kier molecular flexibility index (Phi) is 3.84. The molecule has 0 amide bonds. The molecule has 0 bridgehead atoms. The molecule has 0 aromatic heterocycles. The van der Waals surface area contributed by atoms with Gasteiger partial charge in [0, 0.05) is 7.11 Å². The fourth-order valence-corrected chi connectivity index (χ4v) is 1.03. The lowest BCUT2D eigenvalue weighted by Gasteiger charge is -2.17. The highest BCUT2D eigenvalue weighted by atomic mass is 16.5. The minimum Gasteiger partial charge on any atom is -0.494 e. The van der Waals surface area contributed by atoms with E-state index >= 15 is 0 Å². The molecule has 0 saturated heterocycles. The highest BCUT2D eigenvalue weighted by Crippen LogP contribution is 2.11. The van der Waals surface area contributed by atoms with Crippen LogP contribution >= 0.6 is 0 Å². The van der Waals surface area contributed by atoms with Gasteiger partial charge in [-0.25, -0.2) is 0 Å². The smallest absolute Gasteiger partial charge is 0.113 e. The quantitative estimate of drug-likeness (QED) is 0.634. The van der Waals surface area contributed by atoms with Crippen LogP contribution in [0, 0.1) is 0 Å².